The van der Waals surface area contributed by atoms with Crippen molar-refractivity contribution in [1.29, 1.82) is 0 Å². The number of aliphatic hydroxyl groups excluding tert-OH is 1. The highest BCUT2D eigenvalue weighted by Crippen LogP contribution is 2.36. The Morgan fingerprint density at radius 3 is 2.15 bits per heavy atom. The molecule has 0 heterocycles. The van der Waals surface area contributed by atoms with Crippen LogP contribution in [0.3, 0.4) is 0 Å². The molecule has 3 aromatic rings. The second-order valence-corrected chi connectivity index (χ2v) is 11.4. The summed E-state index contributed by atoms with van der Waals surface area (Å²) in [4.78, 5) is 0. The Morgan fingerprint density at radius 1 is 0.912 bits per heavy atom. The minimum Gasteiger partial charge on any atom is -0.387 e. The van der Waals surface area contributed by atoms with Crippen molar-refractivity contribution in [1.82, 2.24) is 5.32 Å². The van der Waals surface area contributed by atoms with Crippen molar-refractivity contribution >= 4 is 27.5 Å². The molecule has 0 bridgehead atoms. The van der Waals surface area contributed by atoms with Crippen LogP contribution in [0.15, 0.2) is 77.3 Å². The second kappa shape index (κ2) is 11.9. The number of rotatable bonds is 8. The molecule has 1 fully saturated rings. The summed E-state index contributed by atoms with van der Waals surface area (Å²) in [6.45, 7) is 5.27. The number of halogens is 2. The van der Waals surface area contributed by atoms with Crippen LogP contribution in [0, 0.1) is 17.8 Å². The van der Waals surface area contributed by atoms with Gasteiger partial charge in [0.2, 0.25) is 0 Å². The molecule has 0 spiro atoms. The number of nitrogens with one attached hydrogen (secondary N) is 1. The summed E-state index contributed by atoms with van der Waals surface area (Å²) in [5, 5.41) is 15.4. The largest absolute Gasteiger partial charge is 0.387 e. The van der Waals surface area contributed by atoms with Crippen LogP contribution >= 0.6 is 27.5 Å². The Kier molecular flexibility index (Phi) is 8.87. The van der Waals surface area contributed by atoms with Gasteiger partial charge in [0.1, 0.15) is 0 Å². The molecule has 0 amide bonds. The highest BCUT2D eigenvalue weighted by Gasteiger charge is 2.32. The average molecular weight is 541 g/mol. The van der Waals surface area contributed by atoms with E-state index in [1.54, 1.807) is 0 Å². The van der Waals surface area contributed by atoms with Gasteiger partial charge in [0.15, 0.2) is 0 Å². The van der Waals surface area contributed by atoms with Gasteiger partial charge in [0.05, 0.1) is 6.10 Å². The van der Waals surface area contributed by atoms with E-state index in [0.29, 0.717) is 24.4 Å². The summed E-state index contributed by atoms with van der Waals surface area (Å²) in [5.74, 6) is 2.05. The van der Waals surface area contributed by atoms with Gasteiger partial charge < -0.3 is 10.4 Å². The van der Waals surface area contributed by atoms with Gasteiger partial charge in [-0.05, 0) is 90.0 Å². The lowest BCUT2D eigenvalue weighted by Crippen LogP contribution is -2.44. The Morgan fingerprint density at radius 2 is 1.53 bits per heavy atom. The van der Waals surface area contributed by atoms with Crippen LogP contribution in [0.5, 0.6) is 0 Å². The number of aliphatic hydroxyl groups is 1. The second-order valence-electron chi connectivity index (χ2n) is 10.1. The molecule has 3 unspecified atom stereocenters. The molecule has 3 aromatic carbocycles. The Bertz CT molecular complexity index is 1030. The van der Waals surface area contributed by atoms with Gasteiger partial charge in [0.25, 0.3) is 0 Å². The van der Waals surface area contributed by atoms with Crippen molar-refractivity contribution in [3.63, 3.8) is 0 Å². The van der Waals surface area contributed by atoms with E-state index >= 15 is 0 Å². The molecule has 2 nitrogen and oxygen atoms in total. The zero-order valence-electron chi connectivity index (χ0n) is 20.1. The SMILES string of the molecule is CC(C)C1CCC(NC[C@@H](O)c2ccc(-c3ccc(Br)cc3)cc2)C(Cc2ccc(Cl)cc2)C1. The maximum absolute atomic E-state index is 10.9. The maximum atomic E-state index is 10.9. The standard InChI is InChI=1S/C30H35BrClNO/c1-20(2)25-11-16-29(26(18-25)17-21-3-14-28(32)15-4-21)33-19-30(34)24-7-5-22(6-8-24)23-9-12-27(31)13-10-23/h3-10,12-15,20,25-26,29-30,33-34H,11,16-19H2,1-2H3/t25?,26?,29?,30-/m1/s1. The van der Waals surface area contributed by atoms with E-state index in [-0.39, 0.29) is 0 Å². The Balaban J connectivity index is 1.38. The van der Waals surface area contributed by atoms with Gasteiger partial charge in [0, 0.05) is 22.1 Å². The summed E-state index contributed by atoms with van der Waals surface area (Å²) in [7, 11) is 0. The molecule has 180 valence electrons. The lowest BCUT2D eigenvalue weighted by Gasteiger charge is -2.39. The molecule has 2 N–H and O–H groups in total. The number of hydrogen-bond acceptors (Lipinski definition) is 2. The van der Waals surface area contributed by atoms with E-state index in [9.17, 15) is 5.11 Å². The summed E-state index contributed by atoms with van der Waals surface area (Å²) >= 11 is 9.59. The van der Waals surface area contributed by atoms with Crippen molar-refractivity contribution in [2.45, 2.75) is 51.7 Å². The van der Waals surface area contributed by atoms with Crippen molar-refractivity contribution in [2.24, 2.45) is 17.8 Å². The van der Waals surface area contributed by atoms with Crippen LogP contribution < -0.4 is 5.32 Å². The van der Waals surface area contributed by atoms with Crippen molar-refractivity contribution in [3.8, 4) is 11.1 Å². The zero-order chi connectivity index (χ0) is 24.1. The topological polar surface area (TPSA) is 32.3 Å². The van der Waals surface area contributed by atoms with Crippen LogP contribution in [-0.2, 0) is 6.42 Å². The van der Waals surface area contributed by atoms with Gasteiger partial charge in [-0.3, -0.25) is 0 Å². The summed E-state index contributed by atoms with van der Waals surface area (Å²) in [5.41, 5.74) is 4.63. The van der Waals surface area contributed by atoms with Crippen LogP contribution in [0.2, 0.25) is 5.02 Å². The predicted octanol–water partition coefficient (Wildman–Crippen LogP) is 8.08. The predicted molar refractivity (Wildman–Crippen MR) is 147 cm³/mol. The van der Waals surface area contributed by atoms with E-state index < -0.39 is 6.10 Å². The van der Waals surface area contributed by atoms with Crippen molar-refractivity contribution in [3.05, 3.63) is 93.4 Å². The zero-order valence-corrected chi connectivity index (χ0v) is 22.4. The molecule has 0 saturated heterocycles. The molecule has 1 aliphatic carbocycles. The normalized spacial score (nSPS) is 21.5. The molecule has 4 rings (SSSR count). The third-order valence-electron chi connectivity index (χ3n) is 7.42. The average Bonchev–Trinajstić information content (AvgIpc) is 2.85. The fourth-order valence-electron chi connectivity index (χ4n) is 5.24. The van der Waals surface area contributed by atoms with Crippen LogP contribution in [0.4, 0.5) is 0 Å². The van der Waals surface area contributed by atoms with Gasteiger partial charge in [-0.15, -0.1) is 0 Å². The van der Waals surface area contributed by atoms with Gasteiger partial charge in [-0.2, -0.15) is 0 Å². The minimum atomic E-state index is -0.516. The molecular formula is C30H35BrClNO. The molecule has 4 heteroatoms. The lowest BCUT2D eigenvalue weighted by atomic mass is 9.71. The third kappa shape index (κ3) is 6.73. The summed E-state index contributed by atoms with van der Waals surface area (Å²) in [6.07, 6.45) is 4.19. The highest BCUT2D eigenvalue weighted by molar-refractivity contribution is 9.10. The highest BCUT2D eigenvalue weighted by atomic mass is 79.9. The fourth-order valence-corrected chi connectivity index (χ4v) is 5.63. The maximum Gasteiger partial charge on any atom is 0.0914 e. The fraction of sp³-hybridized carbons (Fsp3) is 0.400. The first-order valence-electron chi connectivity index (χ1n) is 12.4. The van der Waals surface area contributed by atoms with Gasteiger partial charge >= 0.3 is 0 Å². The quantitative estimate of drug-likeness (QED) is 0.303. The molecule has 34 heavy (non-hydrogen) atoms. The molecule has 1 saturated carbocycles. The van der Waals surface area contributed by atoms with Crippen LogP contribution in [0.1, 0.15) is 50.3 Å². The van der Waals surface area contributed by atoms with Crippen molar-refractivity contribution in [2.75, 3.05) is 6.54 Å². The van der Waals surface area contributed by atoms with E-state index in [1.165, 1.54) is 24.0 Å². The molecule has 0 aromatic heterocycles. The number of benzene rings is 3. The molecule has 0 aliphatic heterocycles. The first kappa shape index (κ1) is 25.4. The van der Waals surface area contributed by atoms with Crippen LogP contribution in [0.25, 0.3) is 11.1 Å². The monoisotopic (exact) mass is 539 g/mol. The Labute approximate surface area is 217 Å². The van der Waals surface area contributed by atoms with E-state index in [1.807, 2.05) is 24.3 Å². The van der Waals surface area contributed by atoms with E-state index in [0.717, 1.165) is 39.4 Å². The number of hydrogen-bond donors (Lipinski definition) is 2. The Hall–Kier alpha value is -1.65. The third-order valence-corrected chi connectivity index (χ3v) is 8.20. The van der Waals surface area contributed by atoms with Gasteiger partial charge in [-0.1, -0.05) is 89.9 Å². The molecule has 1 aliphatic rings. The molecule has 0 radical (unpaired) electrons. The minimum absolute atomic E-state index is 0.419. The van der Waals surface area contributed by atoms with E-state index in [4.69, 9.17) is 11.6 Å². The summed E-state index contributed by atoms with van der Waals surface area (Å²) in [6, 6.07) is 25.3. The summed E-state index contributed by atoms with van der Waals surface area (Å²) < 4.78 is 1.08. The lowest BCUT2D eigenvalue weighted by molar-refractivity contribution is 0.133. The van der Waals surface area contributed by atoms with Gasteiger partial charge in [-0.25, -0.2) is 0 Å². The first-order valence-corrected chi connectivity index (χ1v) is 13.6. The van der Waals surface area contributed by atoms with Crippen molar-refractivity contribution < 1.29 is 5.11 Å². The molecular weight excluding hydrogens is 506 g/mol. The van der Waals surface area contributed by atoms with Crippen LogP contribution in [-0.4, -0.2) is 17.7 Å². The van der Waals surface area contributed by atoms with E-state index in [2.05, 4.69) is 83.6 Å². The smallest absolute Gasteiger partial charge is 0.0914 e. The first-order chi connectivity index (χ1) is 16.4. The molecule has 4 atom stereocenters.